The third kappa shape index (κ3) is 3.71. The van der Waals surface area contributed by atoms with Gasteiger partial charge in [-0.25, -0.2) is 9.18 Å². The molecule has 1 amide bonds. The zero-order valence-electron chi connectivity index (χ0n) is 18.3. The summed E-state index contributed by atoms with van der Waals surface area (Å²) in [5.74, 6) is -0.822. The van der Waals surface area contributed by atoms with Gasteiger partial charge in [-0.1, -0.05) is 24.3 Å². The maximum Gasteiger partial charge on any atom is 0.335 e. The van der Waals surface area contributed by atoms with Gasteiger partial charge in [-0.3, -0.25) is 4.79 Å². The lowest BCUT2D eigenvalue weighted by Crippen LogP contribution is -2.44. The van der Waals surface area contributed by atoms with Crippen molar-refractivity contribution in [3.05, 3.63) is 58.9 Å². The average molecular weight is 438 g/mol. The number of piperidine rings is 1. The van der Waals surface area contributed by atoms with Crippen molar-refractivity contribution in [3.63, 3.8) is 0 Å². The second-order valence-corrected chi connectivity index (χ2v) is 9.53. The molecule has 2 atom stereocenters. The van der Waals surface area contributed by atoms with Crippen molar-refractivity contribution < 1.29 is 23.8 Å². The molecule has 3 aliphatic rings. The van der Waals surface area contributed by atoms with E-state index in [0.717, 1.165) is 45.2 Å². The van der Waals surface area contributed by atoms with Crippen LogP contribution in [0.15, 0.2) is 36.4 Å². The van der Waals surface area contributed by atoms with Crippen LogP contribution < -0.4 is 0 Å². The molecule has 0 aromatic heterocycles. The molecule has 3 fully saturated rings. The molecule has 1 N–H and O–H groups in total. The third-order valence-electron chi connectivity index (χ3n) is 7.59. The van der Waals surface area contributed by atoms with Crippen molar-refractivity contribution in [2.75, 3.05) is 19.7 Å². The van der Waals surface area contributed by atoms with Crippen molar-refractivity contribution in [1.82, 2.24) is 4.90 Å². The Morgan fingerprint density at radius 2 is 1.88 bits per heavy atom. The molecule has 0 bridgehead atoms. The first kappa shape index (κ1) is 21.1. The summed E-state index contributed by atoms with van der Waals surface area (Å²) >= 11 is 0. The standard InChI is InChI=1S/C26H28FNO4/c1-16-13-19(25(30)31)14-20(23(16)27)17-4-6-18(7-5-17)21-15-26(21)8-10-28(11-9-26)24(29)22-3-2-12-32-22/h4-7,13-14,21-22H,2-3,8-12,15H2,1H3,(H,30,31)/t21-,22?/m0/s1. The fourth-order valence-electron chi connectivity index (χ4n) is 5.52. The maximum absolute atomic E-state index is 14.7. The predicted molar refractivity (Wildman–Crippen MR) is 118 cm³/mol. The molecule has 1 saturated carbocycles. The molecule has 6 heteroatoms. The quantitative estimate of drug-likeness (QED) is 0.748. The first-order valence-electron chi connectivity index (χ1n) is 11.4. The number of carboxylic acid groups (broad SMARTS) is 1. The molecule has 2 aromatic carbocycles. The van der Waals surface area contributed by atoms with E-state index in [1.807, 2.05) is 29.2 Å². The summed E-state index contributed by atoms with van der Waals surface area (Å²) in [6.07, 6.45) is 4.70. The lowest BCUT2D eigenvalue weighted by Gasteiger charge is -2.34. The Morgan fingerprint density at radius 1 is 1.16 bits per heavy atom. The number of amides is 1. The van der Waals surface area contributed by atoms with Gasteiger partial charge >= 0.3 is 5.97 Å². The summed E-state index contributed by atoms with van der Waals surface area (Å²) in [5, 5.41) is 9.30. The lowest BCUT2D eigenvalue weighted by molar-refractivity contribution is -0.142. The summed E-state index contributed by atoms with van der Waals surface area (Å²) in [6, 6.07) is 10.6. The SMILES string of the molecule is Cc1cc(C(=O)O)cc(-c2ccc([C@@H]3CC34CCN(C(=O)C3CCCO3)CC4)cc2)c1F. The van der Waals surface area contributed by atoms with E-state index in [4.69, 9.17) is 4.74 Å². The molecular weight excluding hydrogens is 409 g/mol. The number of carboxylic acids is 1. The molecule has 32 heavy (non-hydrogen) atoms. The molecule has 2 aliphatic heterocycles. The van der Waals surface area contributed by atoms with Crippen LogP contribution in [0.25, 0.3) is 11.1 Å². The van der Waals surface area contributed by atoms with Crippen molar-refractivity contribution in [3.8, 4) is 11.1 Å². The number of hydrogen-bond donors (Lipinski definition) is 1. The van der Waals surface area contributed by atoms with E-state index in [1.165, 1.54) is 17.7 Å². The van der Waals surface area contributed by atoms with Gasteiger partial charge in [-0.15, -0.1) is 0 Å². The van der Waals surface area contributed by atoms with E-state index in [-0.39, 0.29) is 28.8 Å². The minimum Gasteiger partial charge on any atom is -0.478 e. The lowest BCUT2D eigenvalue weighted by atomic mass is 9.88. The number of hydrogen-bond acceptors (Lipinski definition) is 3. The van der Waals surface area contributed by atoms with Gasteiger partial charge in [0.25, 0.3) is 5.91 Å². The Balaban J connectivity index is 1.27. The summed E-state index contributed by atoms with van der Waals surface area (Å²) in [6.45, 7) is 3.86. The van der Waals surface area contributed by atoms with Crippen LogP contribution in [0.5, 0.6) is 0 Å². The summed E-state index contributed by atoms with van der Waals surface area (Å²) < 4.78 is 20.2. The Bertz CT molecular complexity index is 1050. The van der Waals surface area contributed by atoms with Gasteiger partial charge in [0.05, 0.1) is 5.56 Å². The van der Waals surface area contributed by atoms with Crippen molar-refractivity contribution >= 4 is 11.9 Å². The number of nitrogens with zero attached hydrogens (tertiary/aromatic N) is 1. The molecule has 168 valence electrons. The zero-order chi connectivity index (χ0) is 22.5. The van der Waals surface area contributed by atoms with Crippen LogP contribution in [-0.2, 0) is 9.53 Å². The van der Waals surface area contributed by atoms with Gasteiger partial charge in [0.15, 0.2) is 0 Å². The molecule has 0 radical (unpaired) electrons. The number of halogens is 1. The molecular formula is C26H28FNO4. The topological polar surface area (TPSA) is 66.8 Å². The minimum absolute atomic E-state index is 0.0911. The first-order chi connectivity index (χ1) is 15.4. The fraction of sp³-hybridized carbons (Fsp3) is 0.462. The number of rotatable bonds is 4. The molecule has 2 aromatic rings. The van der Waals surface area contributed by atoms with Crippen LogP contribution in [0.1, 0.15) is 59.5 Å². The molecule has 2 saturated heterocycles. The van der Waals surface area contributed by atoms with Gasteiger partial charge in [0.1, 0.15) is 11.9 Å². The van der Waals surface area contributed by atoms with E-state index in [9.17, 15) is 19.1 Å². The number of benzene rings is 2. The fourth-order valence-corrected chi connectivity index (χ4v) is 5.52. The minimum atomic E-state index is -1.06. The number of aromatic carboxylic acids is 1. The highest BCUT2D eigenvalue weighted by atomic mass is 19.1. The normalized spacial score (nSPS) is 24.0. The Kier molecular flexibility index (Phi) is 5.28. The van der Waals surface area contributed by atoms with Gasteiger partial charge in [0.2, 0.25) is 0 Å². The average Bonchev–Trinajstić information content (AvgIpc) is 3.21. The summed E-state index contributed by atoms with van der Waals surface area (Å²) in [4.78, 5) is 25.9. The number of carbonyl (C=O) groups excluding carboxylic acids is 1. The molecule has 1 unspecified atom stereocenters. The molecule has 2 heterocycles. The Labute approximate surface area is 187 Å². The van der Waals surface area contributed by atoms with Crippen LogP contribution in [0.3, 0.4) is 0 Å². The number of ether oxygens (including phenoxy) is 1. The van der Waals surface area contributed by atoms with E-state index >= 15 is 0 Å². The van der Waals surface area contributed by atoms with E-state index < -0.39 is 5.97 Å². The van der Waals surface area contributed by atoms with Crippen molar-refractivity contribution in [2.24, 2.45) is 5.41 Å². The van der Waals surface area contributed by atoms with Gasteiger partial charge in [0, 0.05) is 25.3 Å². The Morgan fingerprint density at radius 3 is 2.50 bits per heavy atom. The highest BCUT2D eigenvalue weighted by Gasteiger charge is 2.55. The number of carbonyl (C=O) groups is 2. The van der Waals surface area contributed by atoms with E-state index in [0.29, 0.717) is 29.2 Å². The monoisotopic (exact) mass is 437 g/mol. The van der Waals surface area contributed by atoms with Gasteiger partial charge in [-0.2, -0.15) is 0 Å². The molecule has 5 rings (SSSR count). The Hall–Kier alpha value is -2.73. The highest BCUT2D eigenvalue weighted by Crippen LogP contribution is 2.65. The molecule has 1 aliphatic carbocycles. The van der Waals surface area contributed by atoms with Crippen LogP contribution in [0.4, 0.5) is 4.39 Å². The number of aryl methyl sites for hydroxylation is 1. The summed E-state index contributed by atoms with van der Waals surface area (Å²) in [5.41, 5.74) is 2.92. The largest absolute Gasteiger partial charge is 0.478 e. The zero-order valence-corrected chi connectivity index (χ0v) is 18.3. The smallest absolute Gasteiger partial charge is 0.335 e. The number of likely N-dealkylation sites (tertiary alicyclic amines) is 1. The predicted octanol–water partition coefficient (Wildman–Crippen LogP) is 4.77. The second kappa shape index (κ2) is 8.00. The van der Waals surface area contributed by atoms with Crippen LogP contribution in [-0.4, -0.2) is 47.7 Å². The van der Waals surface area contributed by atoms with Crippen LogP contribution in [0.2, 0.25) is 0 Å². The van der Waals surface area contributed by atoms with Gasteiger partial charge in [-0.05, 0) is 79.2 Å². The maximum atomic E-state index is 14.7. The van der Waals surface area contributed by atoms with Crippen LogP contribution in [0, 0.1) is 18.2 Å². The summed E-state index contributed by atoms with van der Waals surface area (Å²) in [7, 11) is 0. The van der Waals surface area contributed by atoms with Crippen molar-refractivity contribution in [1.29, 1.82) is 0 Å². The third-order valence-corrected chi connectivity index (χ3v) is 7.59. The van der Waals surface area contributed by atoms with Crippen LogP contribution >= 0.6 is 0 Å². The highest BCUT2D eigenvalue weighted by molar-refractivity contribution is 5.90. The van der Waals surface area contributed by atoms with Crippen molar-refractivity contribution in [2.45, 2.75) is 51.0 Å². The van der Waals surface area contributed by atoms with E-state index in [2.05, 4.69) is 0 Å². The van der Waals surface area contributed by atoms with E-state index in [1.54, 1.807) is 6.92 Å². The van der Waals surface area contributed by atoms with Gasteiger partial charge < -0.3 is 14.7 Å². The second-order valence-electron chi connectivity index (χ2n) is 9.53. The molecule has 5 nitrogen and oxygen atoms in total. The molecule has 1 spiro atoms. The first-order valence-corrected chi connectivity index (χ1v) is 11.4.